The number of carbonyl (C=O) groups excluding carboxylic acids is 1. The number of nitrogens with one attached hydrogen (secondary N) is 2. The van der Waals surface area contributed by atoms with Crippen molar-refractivity contribution < 1.29 is 13.2 Å². The van der Waals surface area contributed by atoms with Crippen molar-refractivity contribution in [2.45, 2.75) is 4.90 Å². The largest absolute Gasteiger partial charge is 0.373 e. The summed E-state index contributed by atoms with van der Waals surface area (Å²) in [5.41, 5.74) is 1.50. The third-order valence-electron chi connectivity index (χ3n) is 3.63. The zero-order valence-electron chi connectivity index (χ0n) is 13.7. The first-order valence-corrected chi connectivity index (χ1v) is 9.00. The third-order valence-corrected chi connectivity index (χ3v) is 5.06. The predicted molar refractivity (Wildman–Crippen MR) is 94.7 cm³/mol. The van der Waals surface area contributed by atoms with Crippen molar-refractivity contribution in [3.8, 4) is 0 Å². The van der Waals surface area contributed by atoms with E-state index in [1.807, 2.05) is 42.3 Å². The summed E-state index contributed by atoms with van der Waals surface area (Å²) in [6, 6.07) is 15.7. The molecule has 0 saturated carbocycles. The molecule has 0 atom stereocenters. The van der Waals surface area contributed by atoms with Crippen molar-refractivity contribution >= 4 is 21.6 Å². The number of hydrogen-bond acceptors (Lipinski definition) is 4. The van der Waals surface area contributed by atoms with Crippen LogP contribution < -0.4 is 14.9 Å². The van der Waals surface area contributed by atoms with E-state index in [0.717, 1.165) is 5.69 Å². The molecule has 0 spiro atoms. The normalized spacial score (nSPS) is 11.1. The maximum atomic E-state index is 12.1. The van der Waals surface area contributed by atoms with Gasteiger partial charge in [0.05, 0.1) is 4.90 Å². The number of carbonyl (C=O) groups is 1. The molecule has 1 amide bonds. The predicted octanol–water partition coefficient (Wildman–Crippen LogP) is 1.46. The fraction of sp³-hybridized carbons (Fsp3) is 0.235. The summed E-state index contributed by atoms with van der Waals surface area (Å²) in [6.45, 7) is 1.16. The molecule has 2 aromatic rings. The molecule has 6 nitrogen and oxygen atoms in total. The van der Waals surface area contributed by atoms with Gasteiger partial charge in [-0.3, -0.25) is 4.79 Å². The van der Waals surface area contributed by atoms with Gasteiger partial charge in [-0.2, -0.15) is 0 Å². The van der Waals surface area contributed by atoms with Gasteiger partial charge in [0.2, 0.25) is 10.0 Å². The Labute approximate surface area is 142 Å². The SMILES string of the molecule is CNS(=O)(=O)c1ccc(C(=O)NCCN(C)c2ccccc2)cc1. The Morgan fingerprint density at radius 3 is 2.25 bits per heavy atom. The molecule has 2 aromatic carbocycles. The fourth-order valence-electron chi connectivity index (χ4n) is 2.15. The molecule has 0 aromatic heterocycles. The van der Waals surface area contributed by atoms with Gasteiger partial charge in [0.1, 0.15) is 0 Å². The summed E-state index contributed by atoms with van der Waals surface area (Å²) in [7, 11) is -0.184. The van der Waals surface area contributed by atoms with Crippen LogP contribution in [0.15, 0.2) is 59.5 Å². The number of nitrogens with zero attached hydrogens (tertiary/aromatic N) is 1. The molecule has 2 rings (SSSR count). The Balaban J connectivity index is 1.89. The molecule has 128 valence electrons. The van der Waals surface area contributed by atoms with Crippen LogP contribution in [0.1, 0.15) is 10.4 Å². The highest BCUT2D eigenvalue weighted by molar-refractivity contribution is 7.89. The highest BCUT2D eigenvalue weighted by atomic mass is 32.2. The molecule has 7 heteroatoms. The van der Waals surface area contributed by atoms with Crippen molar-refractivity contribution in [3.05, 3.63) is 60.2 Å². The summed E-state index contributed by atoms with van der Waals surface area (Å²) in [5.74, 6) is -0.232. The maximum absolute atomic E-state index is 12.1. The Morgan fingerprint density at radius 1 is 1.04 bits per heavy atom. The first kappa shape index (κ1) is 18.0. The van der Waals surface area contributed by atoms with Crippen molar-refractivity contribution in [2.24, 2.45) is 0 Å². The van der Waals surface area contributed by atoms with Gasteiger partial charge in [-0.15, -0.1) is 0 Å². The molecular weight excluding hydrogens is 326 g/mol. The van der Waals surface area contributed by atoms with Gasteiger partial charge in [0.15, 0.2) is 0 Å². The molecule has 0 heterocycles. The van der Waals surface area contributed by atoms with Crippen molar-refractivity contribution in [1.29, 1.82) is 0 Å². The average Bonchev–Trinajstić information content (AvgIpc) is 2.62. The van der Waals surface area contributed by atoms with Crippen LogP contribution in [0.25, 0.3) is 0 Å². The Bertz CT molecular complexity index is 774. The van der Waals surface area contributed by atoms with E-state index in [0.29, 0.717) is 18.7 Å². The second-order valence-electron chi connectivity index (χ2n) is 5.24. The Kier molecular flexibility index (Phi) is 5.94. The van der Waals surface area contributed by atoms with Crippen molar-refractivity contribution in [1.82, 2.24) is 10.0 Å². The molecule has 0 fully saturated rings. The van der Waals surface area contributed by atoms with Gasteiger partial charge in [0.25, 0.3) is 5.91 Å². The van der Waals surface area contributed by atoms with Crippen molar-refractivity contribution in [2.75, 3.05) is 32.1 Å². The van der Waals surface area contributed by atoms with Crippen LogP contribution in [0.5, 0.6) is 0 Å². The molecule has 0 aliphatic carbocycles. The molecule has 2 N–H and O–H groups in total. The first-order chi connectivity index (χ1) is 11.4. The van der Waals surface area contributed by atoms with Gasteiger partial charge in [-0.1, -0.05) is 18.2 Å². The molecule has 0 unspecified atom stereocenters. The number of benzene rings is 2. The lowest BCUT2D eigenvalue weighted by Gasteiger charge is -2.19. The first-order valence-electron chi connectivity index (χ1n) is 7.52. The lowest BCUT2D eigenvalue weighted by molar-refractivity contribution is 0.0954. The van der Waals surface area contributed by atoms with E-state index in [-0.39, 0.29) is 10.8 Å². The Morgan fingerprint density at radius 2 is 1.67 bits per heavy atom. The van der Waals surface area contributed by atoms with Gasteiger partial charge in [-0.05, 0) is 43.4 Å². The maximum Gasteiger partial charge on any atom is 0.251 e. The second kappa shape index (κ2) is 7.94. The summed E-state index contributed by atoms with van der Waals surface area (Å²) in [4.78, 5) is 14.3. The molecule has 0 aliphatic rings. The number of para-hydroxylation sites is 1. The van der Waals surface area contributed by atoms with Crippen LogP contribution in [0.2, 0.25) is 0 Å². The lowest BCUT2D eigenvalue weighted by Crippen LogP contribution is -2.33. The van der Waals surface area contributed by atoms with E-state index in [1.54, 1.807) is 0 Å². The van der Waals surface area contributed by atoms with E-state index >= 15 is 0 Å². The topological polar surface area (TPSA) is 78.5 Å². The molecule has 0 radical (unpaired) electrons. The van der Waals surface area contributed by atoms with E-state index < -0.39 is 10.0 Å². The minimum absolute atomic E-state index is 0.130. The number of anilines is 1. The number of likely N-dealkylation sites (N-methyl/N-ethyl adjacent to an activating group) is 1. The average molecular weight is 347 g/mol. The zero-order valence-corrected chi connectivity index (χ0v) is 14.5. The summed E-state index contributed by atoms with van der Waals surface area (Å²) in [5, 5.41) is 2.83. The second-order valence-corrected chi connectivity index (χ2v) is 7.13. The lowest BCUT2D eigenvalue weighted by atomic mass is 10.2. The quantitative estimate of drug-likeness (QED) is 0.795. The van der Waals surface area contributed by atoms with Crippen LogP contribution in [0.4, 0.5) is 5.69 Å². The number of sulfonamides is 1. The highest BCUT2D eigenvalue weighted by Crippen LogP contribution is 2.11. The van der Waals surface area contributed by atoms with Gasteiger partial charge < -0.3 is 10.2 Å². The van der Waals surface area contributed by atoms with Crippen LogP contribution in [-0.4, -0.2) is 41.5 Å². The summed E-state index contributed by atoms with van der Waals surface area (Å²) >= 11 is 0. The van der Waals surface area contributed by atoms with Crippen LogP contribution in [0.3, 0.4) is 0 Å². The molecule has 0 aliphatic heterocycles. The smallest absolute Gasteiger partial charge is 0.251 e. The van der Waals surface area contributed by atoms with Gasteiger partial charge in [0, 0.05) is 31.4 Å². The third kappa shape index (κ3) is 4.56. The fourth-order valence-corrected chi connectivity index (χ4v) is 2.88. The van der Waals surface area contributed by atoms with E-state index in [4.69, 9.17) is 0 Å². The van der Waals surface area contributed by atoms with E-state index in [1.165, 1.54) is 31.3 Å². The molecule has 0 saturated heterocycles. The zero-order chi connectivity index (χ0) is 17.6. The van der Waals surface area contributed by atoms with Crippen molar-refractivity contribution in [3.63, 3.8) is 0 Å². The van der Waals surface area contributed by atoms with Crippen LogP contribution in [0, 0.1) is 0 Å². The molecule has 0 bridgehead atoms. The number of rotatable bonds is 7. The summed E-state index contributed by atoms with van der Waals surface area (Å²) < 4.78 is 25.5. The van der Waals surface area contributed by atoms with Crippen LogP contribution in [-0.2, 0) is 10.0 Å². The van der Waals surface area contributed by atoms with Gasteiger partial charge >= 0.3 is 0 Å². The number of amides is 1. The number of hydrogen-bond donors (Lipinski definition) is 2. The monoisotopic (exact) mass is 347 g/mol. The van der Waals surface area contributed by atoms with Gasteiger partial charge in [-0.25, -0.2) is 13.1 Å². The van der Waals surface area contributed by atoms with Crippen LogP contribution >= 0.6 is 0 Å². The Hall–Kier alpha value is -2.38. The molecule has 24 heavy (non-hydrogen) atoms. The van der Waals surface area contributed by atoms with E-state index in [2.05, 4.69) is 10.0 Å². The minimum atomic E-state index is -3.49. The highest BCUT2D eigenvalue weighted by Gasteiger charge is 2.12. The standard InChI is InChI=1S/C17H21N3O3S/c1-18-24(22,23)16-10-8-14(9-11-16)17(21)19-12-13-20(2)15-6-4-3-5-7-15/h3-11,18H,12-13H2,1-2H3,(H,19,21). The summed E-state index contributed by atoms with van der Waals surface area (Å²) in [6.07, 6.45) is 0. The van der Waals surface area contributed by atoms with E-state index in [9.17, 15) is 13.2 Å². The molecular formula is C17H21N3O3S. The minimum Gasteiger partial charge on any atom is -0.373 e.